The minimum absolute atomic E-state index is 0.184. The van der Waals surface area contributed by atoms with E-state index in [0.29, 0.717) is 6.42 Å². The van der Waals surface area contributed by atoms with Crippen molar-refractivity contribution < 1.29 is 19.8 Å². The molecule has 2 fully saturated rings. The summed E-state index contributed by atoms with van der Waals surface area (Å²) in [7, 11) is 0. The largest absolute Gasteiger partial charge is 0.481 e. The van der Waals surface area contributed by atoms with Crippen LogP contribution in [0.4, 0.5) is 0 Å². The van der Waals surface area contributed by atoms with E-state index in [2.05, 4.69) is 5.32 Å². The van der Waals surface area contributed by atoms with Gasteiger partial charge in [-0.1, -0.05) is 12.8 Å². The van der Waals surface area contributed by atoms with E-state index in [9.17, 15) is 14.7 Å². The molecule has 2 aliphatic rings. The van der Waals surface area contributed by atoms with E-state index >= 15 is 0 Å². The number of amides is 1. The number of aliphatic hydroxyl groups excluding tert-OH is 1. The zero-order valence-corrected chi connectivity index (χ0v) is 9.06. The molecule has 0 aliphatic heterocycles. The summed E-state index contributed by atoms with van der Waals surface area (Å²) in [5.41, 5.74) is 0. The topological polar surface area (TPSA) is 86.6 Å². The van der Waals surface area contributed by atoms with Crippen molar-refractivity contribution in [2.45, 2.75) is 44.2 Å². The molecule has 2 unspecified atom stereocenters. The lowest BCUT2D eigenvalue weighted by molar-refractivity contribution is -0.140. The summed E-state index contributed by atoms with van der Waals surface area (Å²) < 4.78 is 0. The average molecular weight is 227 g/mol. The smallest absolute Gasteiger partial charge is 0.307 e. The molecule has 0 saturated heterocycles. The number of carboxylic acid groups (broad SMARTS) is 1. The molecule has 1 amide bonds. The molecule has 5 heteroatoms. The summed E-state index contributed by atoms with van der Waals surface area (Å²) in [6.45, 7) is 0. The number of hydrogen-bond acceptors (Lipinski definition) is 3. The number of carbonyl (C=O) groups is 2. The Balaban J connectivity index is 1.81. The Bertz CT molecular complexity index is 304. The molecule has 2 saturated carbocycles. The van der Waals surface area contributed by atoms with Gasteiger partial charge in [0.15, 0.2) is 0 Å². The highest BCUT2D eigenvalue weighted by atomic mass is 16.4. The van der Waals surface area contributed by atoms with Crippen molar-refractivity contribution in [3.63, 3.8) is 0 Å². The summed E-state index contributed by atoms with van der Waals surface area (Å²) in [4.78, 5) is 22.3. The number of carboxylic acids is 1. The van der Waals surface area contributed by atoms with E-state index in [1.807, 2.05) is 0 Å². The number of aliphatic carboxylic acids is 1. The van der Waals surface area contributed by atoms with Crippen LogP contribution in [0.1, 0.15) is 32.1 Å². The summed E-state index contributed by atoms with van der Waals surface area (Å²) in [5.74, 6) is -2.00. The molecule has 0 spiro atoms. The van der Waals surface area contributed by atoms with Crippen LogP contribution >= 0.6 is 0 Å². The molecule has 16 heavy (non-hydrogen) atoms. The summed E-state index contributed by atoms with van der Waals surface area (Å²) >= 11 is 0. The van der Waals surface area contributed by atoms with E-state index in [0.717, 1.165) is 25.7 Å². The number of aliphatic hydroxyl groups is 1. The van der Waals surface area contributed by atoms with Crippen molar-refractivity contribution >= 4 is 11.9 Å². The number of nitrogens with one attached hydrogen (secondary N) is 1. The minimum Gasteiger partial charge on any atom is -0.481 e. The van der Waals surface area contributed by atoms with Gasteiger partial charge in [0.2, 0.25) is 5.91 Å². The van der Waals surface area contributed by atoms with Gasteiger partial charge in [-0.15, -0.1) is 0 Å². The van der Waals surface area contributed by atoms with Gasteiger partial charge in [-0.05, 0) is 19.3 Å². The summed E-state index contributed by atoms with van der Waals surface area (Å²) in [6.07, 6.45) is 3.48. The van der Waals surface area contributed by atoms with Crippen molar-refractivity contribution in [1.29, 1.82) is 0 Å². The number of rotatable bonds is 3. The Labute approximate surface area is 93.8 Å². The summed E-state index contributed by atoms with van der Waals surface area (Å²) in [5, 5.41) is 21.1. The fourth-order valence-electron chi connectivity index (χ4n) is 2.33. The molecule has 2 aliphatic carbocycles. The zero-order chi connectivity index (χ0) is 11.7. The van der Waals surface area contributed by atoms with Gasteiger partial charge >= 0.3 is 5.97 Å². The van der Waals surface area contributed by atoms with Crippen LogP contribution in [0.25, 0.3) is 0 Å². The maximum Gasteiger partial charge on any atom is 0.307 e. The van der Waals surface area contributed by atoms with Gasteiger partial charge in [0.1, 0.15) is 0 Å². The molecule has 0 radical (unpaired) electrons. The molecule has 0 aromatic heterocycles. The Morgan fingerprint density at radius 2 is 1.81 bits per heavy atom. The van der Waals surface area contributed by atoms with Crippen LogP contribution in [0.2, 0.25) is 0 Å². The Kier molecular flexibility index (Phi) is 3.14. The first kappa shape index (κ1) is 11.4. The molecule has 5 nitrogen and oxygen atoms in total. The fraction of sp³-hybridized carbons (Fsp3) is 0.818. The van der Waals surface area contributed by atoms with Crippen molar-refractivity contribution in [3.05, 3.63) is 0 Å². The quantitative estimate of drug-likeness (QED) is 0.639. The number of hydrogen-bond donors (Lipinski definition) is 3. The predicted molar refractivity (Wildman–Crippen MR) is 55.6 cm³/mol. The second kappa shape index (κ2) is 4.41. The molecular weight excluding hydrogens is 210 g/mol. The van der Waals surface area contributed by atoms with E-state index in [1.165, 1.54) is 0 Å². The third-order valence-corrected chi connectivity index (χ3v) is 3.50. The fourth-order valence-corrected chi connectivity index (χ4v) is 2.33. The van der Waals surface area contributed by atoms with Crippen LogP contribution in [-0.4, -0.2) is 34.2 Å². The lowest BCUT2D eigenvalue weighted by Crippen LogP contribution is -2.45. The molecule has 3 N–H and O–H groups in total. The SMILES string of the molecule is O=C(O)[C@H]1C[C@H]1C(=O)NC1CCCCC1O. The van der Waals surface area contributed by atoms with E-state index in [-0.39, 0.29) is 17.9 Å². The van der Waals surface area contributed by atoms with Crippen LogP contribution < -0.4 is 5.32 Å². The van der Waals surface area contributed by atoms with E-state index < -0.39 is 18.0 Å². The van der Waals surface area contributed by atoms with Crippen LogP contribution in [0, 0.1) is 11.8 Å². The lowest BCUT2D eigenvalue weighted by atomic mass is 9.92. The Morgan fingerprint density at radius 3 is 2.38 bits per heavy atom. The van der Waals surface area contributed by atoms with Crippen LogP contribution in [0.5, 0.6) is 0 Å². The highest BCUT2D eigenvalue weighted by Crippen LogP contribution is 2.39. The van der Waals surface area contributed by atoms with Gasteiger partial charge in [-0.25, -0.2) is 0 Å². The molecular formula is C11H17NO4. The Hall–Kier alpha value is -1.10. The molecule has 0 bridgehead atoms. The van der Waals surface area contributed by atoms with Gasteiger partial charge < -0.3 is 15.5 Å². The van der Waals surface area contributed by atoms with Gasteiger partial charge in [0.05, 0.1) is 24.0 Å². The number of carbonyl (C=O) groups excluding carboxylic acids is 1. The van der Waals surface area contributed by atoms with Gasteiger partial charge in [0, 0.05) is 0 Å². The summed E-state index contributed by atoms with van der Waals surface area (Å²) in [6, 6.07) is -0.184. The first-order chi connectivity index (χ1) is 7.59. The van der Waals surface area contributed by atoms with Gasteiger partial charge in [-0.3, -0.25) is 9.59 Å². The first-order valence-electron chi connectivity index (χ1n) is 5.81. The second-order valence-electron chi connectivity index (χ2n) is 4.75. The van der Waals surface area contributed by atoms with E-state index in [1.54, 1.807) is 0 Å². The maximum atomic E-state index is 11.6. The molecule has 0 aromatic carbocycles. The van der Waals surface area contributed by atoms with Gasteiger partial charge in [-0.2, -0.15) is 0 Å². The standard InChI is InChI=1S/C11H17NO4/c13-9-4-2-1-3-8(9)12-10(14)6-5-7(6)11(15)16/h6-9,13H,1-5H2,(H,12,14)(H,15,16)/t6-,7+,8?,9?/m1/s1. The zero-order valence-electron chi connectivity index (χ0n) is 9.06. The highest BCUT2D eigenvalue weighted by molar-refractivity contribution is 5.89. The molecule has 0 aromatic rings. The van der Waals surface area contributed by atoms with Crippen LogP contribution in [0.15, 0.2) is 0 Å². The highest BCUT2D eigenvalue weighted by Gasteiger charge is 2.48. The Morgan fingerprint density at radius 1 is 1.12 bits per heavy atom. The monoisotopic (exact) mass is 227 g/mol. The second-order valence-corrected chi connectivity index (χ2v) is 4.75. The molecule has 0 heterocycles. The first-order valence-corrected chi connectivity index (χ1v) is 5.81. The molecule has 4 atom stereocenters. The third kappa shape index (κ3) is 2.35. The minimum atomic E-state index is -0.899. The third-order valence-electron chi connectivity index (χ3n) is 3.50. The molecule has 2 rings (SSSR count). The average Bonchev–Trinajstić information content (AvgIpc) is 3.01. The van der Waals surface area contributed by atoms with Crippen molar-refractivity contribution in [1.82, 2.24) is 5.32 Å². The van der Waals surface area contributed by atoms with Gasteiger partial charge in [0.25, 0.3) is 0 Å². The molecule has 90 valence electrons. The van der Waals surface area contributed by atoms with Crippen LogP contribution in [0.3, 0.4) is 0 Å². The van der Waals surface area contributed by atoms with Crippen molar-refractivity contribution in [2.24, 2.45) is 11.8 Å². The predicted octanol–water partition coefficient (Wildman–Crippen LogP) is 0.127. The lowest BCUT2D eigenvalue weighted by Gasteiger charge is -2.28. The maximum absolute atomic E-state index is 11.6. The van der Waals surface area contributed by atoms with Crippen LogP contribution in [-0.2, 0) is 9.59 Å². The van der Waals surface area contributed by atoms with Crippen molar-refractivity contribution in [2.75, 3.05) is 0 Å². The van der Waals surface area contributed by atoms with E-state index in [4.69, 9.17) is 5.11 Å². The van der Waals surface area contributed by atoms with Crippen molar-refractivity contribution in [3.8, 4) is 0 Å². The normalized spacial score (nSPS) is 37.8.